The van der Waals surface area contributed by atoms with Gasteiger partial charge in [0.05, 0.1) is 18.8 Å². The standard InChI is InChI=1S/C16H26N2O/c1-4-17-15(13-8-5-7-12(2)11-13)16-14(19-3)9-6-10-18-16/h6,9-10,12-13,15,17H,4-5,7-8,11H2,1-3H3. The Bertz CT molecular complexity index is 394. The van der Waals surface area contributed by atoms with Gasteiger partial charge in [-0.1, -0.05) is 26.7 Å². The van der Waals surface area contributed by atoms with Crippen LogP contribution in [0.5, 0.6) is 5.75 Å². The first kappa shape index (κ1) is 14.3. The van der Waals surface area contributed by atoms with Gasteiger partial charge in [-0.25, -0.2) is 0 Å². The molecule has 3 nitrogen and oxygen atoms in total. The first-order chi connectivity index (χ1) is 9.26. The van der Waals surface area contributed by atoms with Crippen LogP contribution in [0.1, 0.15) is 51.3 Å². The lowest BCUT2D eigenvalue weighted by Gasteiger charge is -2.34. The van der Waals surface area contributed by atoms with Crippen molar-refractivity contribution in [2.45, 2.75) is 45.6 Å². The molecule has 0 aliphatic heterocycles. The van der Waals surface area contributed by atoms with Crippen molar-refractivity contribution in [1.82, 2.24) is 10.3 Å². The number of methoxy groups -OCH3 is 1. The molecule has 0 saturated heterocycles. The minimum atomic E-state index is 0.323. The molecule has 0 bridgehead atoms. The van der Waals surface area contributed by atoms with Gasteiger partial charge in [0.1, 0.15) is 5.75 Å². The SMILES string of the molecule is CCNC(c1ncccc1OC)C1CCCC(C)C1. The van der Waals surface area contributed by atoms with E-state index < -0.39 is 0 Å². The van der Waals surface area contributed by atoms with E-state index >= 15 is 0 Å². The summed E-state index contributed by atoms with van der Waals surface area (Å²) in [5.74, 6) is 2.41. The van der Waals surface area contributed by atoms with Gasteiger partial charge in [0.2, 0.25) is 0 Å². The Morgan fingerprint density at radius 2 is 2.32 bits per heavy atom. The highest BCUT2D eigenvalue weighted by molar-refractivity contribution is 5.30. The molecule has 1 fully saturated rings. The van der Waals surface area contributed by atoms with Crippen LogP contribution in [0.3, 0.4) is 0 Å². The fraction of sp³-hybridized carbons (Fsp3) is 0.688. The van der Waals surface area contributed by atoms with Crippen LogP contribution >= 0.6 is 0 Å². The van der Waals surface area contributed by atoms with Crippen molar-refractivity contribution in [2.75, 3.05) is 13.7 Å². The van der Waals surface area contributed by atoms with Crippen molar-refractivity contribution >= 4 is 0 Å². The molecular weight excluding hydrogens is 236 g/mol. The van der Waals surface area contributed by atoms with Crippen LogP contribution in [0, 0.1) is 11.8 Å². The van der Waals surface area contributed by atoms with Crippen molar-refractivity contribution in [3.05, 3.63) is 24.0 Å². The maximum absolute atomic E-state index is 5.49. The third-order valence-corrected chi connectivity index (χ3v) is 4.19. The van der Waals surface area contributed by atoms with Gasteiger partial charge in [0.25, 0.3) is 0 Å². The highest BCUT2D eigenvalue weighted by Gasteiger charge is 2.29. The fourth-order valence-corrected chi connectivity index (χ4v) is 3.30. The first-order valence-electron chi connectivity index (χ1n) is 7.48. The molecule has 0 amide bonds. The number of rotatable bonds is 5. The van der Waals surface area contributed by atoms with E-state index in [9.17, 15) is 0 Å². The Kier molecular flexibility index (Phi) is 5.20. The Labute approximate surface area is 116 Å². The molecule has 3 unspecified atom stereocenters. The van der Waals surface area contributed by atoms with Gasteiger partial charge >= 0.3 is 0 Å². The molecule has 0 radical (unpaired) electrons. The van der Waals surface area contributed by atoms with E-state index in [1.807, 2.05) is 18.3 Å². The number of ether oxygens (including phenoxy) is 1. The van der Waals surface area contributed by atoms with Crippen LogP contribution in [-0.4, -0.2) is 18.6 Å². The van der Waals surface area contributed by atoms with Gasteiger partial charge in [0.15, 0.2) is 0 Å². The summed E-state index contributed by atoms with van der Waals surface area (Å²) in [6.07, 6.45) is 7.16. The predicted octanol–water partition coefficient (Wildman–Crippen LogP) is 3.57. The summed E-state index contributed by atoms with van der Waals surface area (Å²) in [5, 5.41) is 3.62. The van der Waals surface area contributed by atoms with Crippen LogP contribution in [-0.2, 0) is 0 Å². The smallest absolute Gasteiger partial charge is 0.141 e. The van der Waals surface area contributed by atoms with Crippen LogP contribution in [0.4, 0.5) is 0 Å². The summed E-state index contributed by atoms with van der Waals surface area (Å²) < 4.78 is 5.49. The van der Waals surface area contributed by atoms with Gasteiger partial charge in [-0.15, -0.1) is 0 Å². The zero-order valence-electron chi connectivity index (χ0n) is 12.4. The molecule has 1 aromatic rings. The number of pyridine rings is 1. The quantitative estimate of drug-likeness (QED) is 0.881. The Hall–Kier alpha value is -1.09. The highest BCUT2D eigenvalue weighted by Crippen LogP contribution is 2.38. The second-order valence-electron chi connectivity index (χ2n) is 5.66. The lowest BCUT2D eigenvalue weighted by molar-refractivity contribution is 0.219. The van der Waals surface area contributed by atoms with Gasteiger partial charge in [-0.3, -0.25) is 4.98 Å². The summed E-state index contributed by atoms with van der Waals surface area (Å²) in [4.78, 5) is 4.58. The van der Waals surface area contributed by atoms with E-state index in [0.717, 1.165) is 23.9 Å². The summed E-state index contributed by atoms with van der Waals surface area (Å²) in [6.45, 7) is 5.49. The van der Waals surface area contributed by atoms with Crippen LogP contribution in [0.15, 0.2) is 18.3 Å². The molecule has 1 aliphatic carbocycles. The minimum Gasteiger partial charge on any atom is -0.495 e. The monoisotopic (exact) mass is 262 g/mol. The number of hydrogen-bond donors (Lipinski definition) is 1. The number of hydrogen-bond acceptors (Lipinski definition) is 3. The van der Waals surface area contributed by atoms with E-state index in [4.69, 9.17) is 4.74 Å². The minimum absolute atomic E-state index is 0.323. The molecule has 1 heterocycles. The summed E-state index contributed by atoms with van der Waals surface area (Å²) in [6, 6.07) is 4.28. The normalized spacial score (nSPS) is 25.0. The maximum Gasteiger partial charge on any atom is 0.141 e. The maximum atomic E-state index is 5.49. The van der Waals surface area contributed by atoms with E-state index in [-0.39, 0.29) is 0 Å². The van der Waals surface area contributed by atoms with E-state index in [1.165, 1.54) is 25.7 Å². The Morgan fingerprint density at radius 1 is 1.47 bits per heavy atom. The van der Waals surface area contributed by atoms with Gasteiger partial charge in [-0.05, 0) is 43.4 Å². The zero-order valence-corrected chi connectivity index (χ0v) is 12.4. The predicted molar refractivity (Wildman–Crippen MR) is 78.3 cm³/mol. The molecule has 1 saturated carbocycles. The third kappa shape index (κ3) is 3.47. The third-order valence-electron chi connectivity index (χ3n) is 4.19. The van der Waals surface area contributed by atoms with E-state index in [0.29, 0.717) is 12.0 Å². The summed E-state index contributed by atoms with van der Waals surface area (Å²) in [5.41, 5.74) is 1.07. The largest absolute Gasteiger partial charge is 0.495 e. The Balaban J connectivity index is 2.23. The van der Waals surface area contributed by atoms with Gasteiger partial charge in [0, 0.05) is 6.20 Å². The number of nitrogens with zero attached hydrogens (tertiary/aromatic N) is 1. The lowest BCUT2D eigenvalue weighted by atomic mass is 9.77. The van der Waals surface area contributed by atoms with Crippen LogP contribution < -0.4 is 10.1 Å². The first-order valence-corrected chi connectivity index (χ1v) is 7.48. The van der Waals surface area contributed by atoms with Crippen molar-refractivity contribution in [2.24, 2.45) is 11.8 Å². The van der Waals surface area contributed by atoms with Gasteiger partial charge < -0.3 is 10.1 Å². The molecule has 1 aromatic heterocycles. The Morgan fingerprint density at radius 3 is 3.00 bits per heavy atom. The number of nitrogens with one attached hydrogen (secondary N) is 1. The summed E-state index contributed by atoms with van der Waals surface area (Å²) >= 11 is 0. The van der Waals surface area contributed by atoms with Gasteiger partial charge in [-0.2, -0.15) is 0 Å². The van der Waals surface area contributed by atoms with E-state index in [1.54, 1.807) is 7.11 Å². The summed E-state index contributed by atoms with van der Waals surface area (Å²) in [7, 11) is 1.73. The van der Waals surface area contributed by atoms with Crippen LogP contribution in [0.25, 0.3) is 0 Å². The van der Waals surface area contributed by atoms with Crippen molar-refractivity contribution in [1.29, 1.82) is 0 Å². The van der Waals surface area contributed by atoms with E-state index in [2.05, 4.69) is 24.1 Å². The topological polar surface area (TPSA) is 34.2 Å². The lowest BCUT2D eigenvalue weighted by Crippen LogP contribution is -2.32. The molecule has 3 atom stereocenters. The molecule has 106 valence electrons. The molecule has 1 N–H and O–H groups in total. The number of aromatic nitrogens is 1. The molecule has 3 heteroatoms. The zero-order chi connectivity index (χ0) is 13.7. The van der Waals surface area contributed by atoms with Crippen LogP contribution in [0.2, 0.25) is 0 Å². The molecule has 1 aliphatic rings. The molecule has 19 heavy (non-hydrogen) atoms. The molecule has 2 rings (SSSR count). The molecule has 0 spiro atoms. The second-order valence-corrected chi connectivity index (χ2v) is 5.66. The highest BCUT2D eigenvalue weighted by atomic mass is 16.5. The van der Waals surface area contributed by atoms with Crippen molar-refractivity contribution in [3.8, 4) is 5.75 Å². The van der Waals surface area contributed by atoms with Crippen molar-refractivity contribution < 1.29 is 4.74 Å². The second kappa shape index (κ2) is 6.90. The fourth-order valence-electron chi connectivity index (χ4n) is 3.30. The molecule has 0 aromatic carbocycles. The van der Waals surface area contributed by atoms with Crippen molar-refractivity contribution in [3.63, 3.8) is 0 Å². The molecular formula is C16H26N2O. The average Bonchev–Trinajstić information content (AvgIpc) is 2.45. The average molecular weight is 262 g/mol.